The smallest absolute Gasteiger partial charge is 0.150 e. The van der Waals surface area contributed by atoms with Gasteiger partial charge in [0.15, 0.2) is 0 Å². The van der Waals surface area contributed by atoms with Crippen LogP contribution in [-0.4, -0.2) is 6.54 Å². The standard InChI is InChI=1S/C16H16ClF2N/c1-3-20(15-7-5-4-6-11(15)2)16-13(18)8-12(10-17)9-14(16)19/h4-9H,3,10H2,1-2H3. The quantitative estimate of drug-likeness (QED) is 0.703. The van der Waals surface area contributed by atoms with Crippen LogP contribution in [0.25, 0.3) is 0 Å². The van der Waals surface area contributed by atoms with Gasteiger partial charge in [0.1, 0.15) is 17.3 Å². The van der Waals surface area contributed by atoms with E-state index >= 15 is 0 Å². The van der Waals surface area contributed by atoms with Crippen molar-refractivity contribution in [2.45, 2.75) is 19.7 Å². The molecule has 0 saturated carbocycles. The molecule has 0 aromatic heterocycles. The molecule has 0 aliphatic carbocycles. The van der Waals surface area contributed by atoms with Crippen LogP contribution in [0.5, 0.6) is 0 Å². The number of hydrogen-bond acceptors (Lipinski definition) is 1. The summed E-state index contributed by atoms with van der Waals surface area (Å²) in [5, 5.41) is 0. The van der Waals surface area contributed by atoms with Crippen molar-refractivity contribution in [3.8, 4) is 0 Å². The Morgan fingerprint density at radius 2 is 1.70 bits per heavy atom. The van der Waals surface area contributed by atoms with E-state index in [0.717, 1.165) is 11.3 Å². The number of para-hydroxylation sites is 1. The Morgan fingerprint density at radius 1 is 1.10 bits per heavy atom. The van der Waals surface area contributed by atoms with Crippen LogP contribution in [0.2, 0.25) is 0 Å². The summed E-state index contributed by atoms with van der Waals surface area (Å²) >= 11 is 5.63. The predicted octanol–water partition coefficient (Wildman–Crippen LogP) is 5.17. The molecule has 0 aliphatic rings. The lowest BCUT2D eigenvalue weighted by Crippen LogP contribution is -2.20. The molecule has 2 rings (SSSR count). The van der Waals surface area contributed by atoms with Crippen molar-refractivity contribution in [1.82, 2.24) is 0 Å². The second-order valence-corrected chi connectivity index (χ2v) is 4.84. The highest BCUT2D eigenvalue weighted by Crippen LogP contribution is 2.33. The van der Waals surface area contributed by atoms with Gasteiger partial charge in [-0.2, -0.15) is 0 Å². The van der Waals surface area contributed by atoms with Gasteiger partial charge in [-0.15, -0.1) is 11.6 Å². The van der Waals surface area contributed by atoms with Crippen molar-refractivity contribution in [2.75, 3.05) is 11.4 Å². The molecule has 106 valence electrons. The second kappa shape index (κ2) is 6.23. The van der Waals surface area contributed by atoms with Crippen molar-refractivity contribution in [3.05, 3.63) is 59.2 Å². The first-order valence-corrected chi connectivity index (χ1v) is 6.99. The van der Waals surface area contributed by atoms with Crippen molar-refractivity contribution in [3.63, 3.8) is 0 Å². The van der Waals surface area contributed by atoms with Crippen LogP contribution >= 0.6 is 11.6 Å². The first-order chi connectivity index (χ1) is 9.58. The molecule has 2 aromatic carbocycles. The lowest BCUT2D eigenvalue weighted by Gasteiger charge is -2.26. The molecule has 0 heterocycles. The van der Waals surface area contributed by atoms with Gasteiger partial charge >= 0.3 is 0 Å². The average Bonchev–Trinajstić information content (AvgIpc) is 2.43. The van der Waals surface area contributed by atoms with E-state index in [1.54, 1.807) is 4.90 Å². The van der Waals surface area contributed by atoms with E-state index in [1.165, 1.54) is 12.1 Å². The van der Waals surface area contributed by atoms with Crippen molar-refractivity contribution >= 4 is 23.0 Å². The summed E-state index contributed by atoms with van der Waals surface area (Å²) in [5.41, 5.74) is 2.17. The molecule has 0 bridgehead atoms. The minimum atomic E-state index is -0.592. The van der Waals surface area contributed by atoms with Gasteiger partial charge in [0.25, 0.3) is 0 Å². The van der Waals surface area contributed by atoms with Crippen LogP contribution in [0, 0.1) is 18.6 Å². The summed E-state index contributed by atoms with van der Waals surface area (Å²) in [6, 6.07) is 10.1. The molecule has 0 fully saturated rings. The second-order valence-electron chi connectivity index (χ2n) is 4.57. The first-order valence-electron chi connectivity index (χ1n) is 6.45. The summed E-state index contributed by atoms with van der Waals surface area (Å²) in [7, 11) is 0. The van der Waals surface area contributed by atoms with E-state index in [1.807, 2.05) is 38.1 Å². The summed E-state index contributed by atoms with van der Waals surface area (Å²) in [5.74, 6) is -1.10. The predicted molar refractivity (Wildman–Crippen MR) is 79.8 cm³/mol. The van der Waals surface area contributed by atoms with Gasteiger partial charge in [0.05, 0.1) is 0 Å². The largest absolute Gasteiger partial charge is 0.337 e. The number of anilines is 2. The summed E-state index contributed by atoms with van der Waals surface area (Å²) in [6.07, 6.45) is 0. The maximum Gasteiger partial charge on any atom is 0.150 e. The Morgan fingerprint density at radius 3 is 2.20 bits per heavy atom. The monoisotopic (exact) mass is 295 g/mol. The Balaban J connectivity index is 2.56. The molecule has 0 unspecified atom stereocenters. The number of nitrogens with zero attached hydrogens (tertiary/aromatic N) is 1. The maximum absolute atomic E-state index is 14.2. The highest BCUT2D eigenvalue weighted by atomic mass is 35.5. The topological polar surface area (TPSA) is 3.24 Å². The Labute approximate surface area is 122 Å². The SMILES string of the molecule is CCN(c1ccccc1C)c1c(F)cc(CCl)cc1F. The maximum atomic E-state index is 14.2. The van der Waals surface area contributed by atoms with Crippen molar-refractivity contribution in [2.24, 2.45) is 0 Å². The summed E-state index contributed by atoms with van der Waals surface area (Å²) < 4.78 is 28.4. The van der Waals surface area contributed by atoms with Crippen LogP contribution in [0.3, 0.4) is 0 Å². The zero-order valence-electron chi connectivity index (χ0n) is 11.5. The van der Waals surface area contributed by atoms with Crippen LogP contribution in [0.4, 0.5) is 20.2 Å². The van der Waals surface area contributed by atoms with E-state index in [4.69, 9.17) is 11.6 Å². The molecular formula is C16H16ClF2N. The van der Waals surface area contributed by atoms with Gasteiger partial charge in [-0.1, -0.05) is 18.2 Å². The molecule has 0 N–H and O–H groups in total. The summed E-state index contributed by atoms with van der Waals surface area (Å²) in [6.45, 7) is 4.25. The Bertz CT molecular complexity index is 590. The molecule has 0 radical (unpaired) electrons. The van der Waals surface area contributed by atoms with Crippen molar-refractivity contribution in [1.29, 1.82) is 0 Å². The first kappa shape index (κ1) is 14.8. The molecule has 2 aromatic rings. The van der Waals surface area contributed by atoms with E-state index < -0.39 is 11.6 Å². The molecule has 0 saturated heterocycles. The minimum Gasteiger partial charge on any atom is -0.337 e. The number of benzene rings is 2. The highest BCUT2D eigenvalue weighted by molar-refractivity contribution is 6.17. The average molecular weight is 296 g/mol. The van der Waals surface area contributed by atoms with E-state index in [-0.39, 0.29) is 11.6 Å². The van der Waals surface area contributed by atoms with Gasteiger partial charge in [0, 0.05) is 18.1 Å². The number of rotatable bonds is 4. The van der Waals surface area contributed by atoms with Gasteiger partial charge in [0.2, 0.25) is 0 Å². The lowest BCUT2D eigenvalue weighted by atomic mass is 10.1. The molecule has 0 amide bonds. The number of halogens is 3. The fraction of sp³-hybridized carbons (Fsp3) is 0.250. The van der Waals surface area contributed by atoms with Crippen LogP contribution in [-0.2, 0) is 5.88 Å². The zero-order chi connectivity index (χ0) is 14.7. The molecular weight excluding hydrogens is 280 g/mol. The normalized spacial score (nSPS) is 10.7. The van der Waals surface area contributed by atoms with Crippen LogP contribution < -0.4 is 4.90 Å². The molecule has 1 nitrogen and oxygen atoms in total. The third-order valence-electron chi connectivity index (χ3n) is 3.22. The molecule has 0 aliphatic heterocycles. The number of hydrogen-bond donors (Lipinski definition) is 0. The van der Waals surface area contributed by atoms with E-state index in [2.05, 4.69) is 0 Å². The third kappa shape index (κ3) is 2.78. The fourth-order valence-corrected chi connectivity index (χ4v) is 2.42. The van der Waals surface area contributed by atoms with Gasteiger partial charge < -0.3 is 4.90 Å². The van der Waals surface area contributed by atoms with Crippen molar-refractivity contribution < 1.29 is 8.78 Å². The van der Waals surface area contributed by atoms with Gasteiger partial charge in [-0.05, 0) is 43.2 Å². The van der Waals surface area contributed by atoms with Crippen LogP contribution in [0.1, 0.15) is 18.1 Å². The number of alkyl halides is 1. The highest BCUT2D eigenvalue weighted by Gasteiger charge is 2.19. The fourth-order valence-electron chi connectivity index (χ4n) is 2.27. The third-order valence-corrected chi connectivity index (χ3v) is 3.53. The molecule has 0 spiro atoms. The molecule has 0 atom stereocenters. The molecule has 4 heteroatoms. The van der Waals surface area contributed by atoms with Gasteiger partial charge in [-0.25, -0.2) is 8.78 Å². The lowest BCUT2D eigenvalue weighted by molar-refractivity contribution is 0.579. The zero-order valence-corrected chi connectivity index (χ0v) is 12.2. The van der Waals surface area contributed by atoms with E-state index in [0.29, 0.717) is 12.1 Å². The Kier molecular flexibility index (Phi) is 4.61. The van der Waals surface area contributed by atoms with Gasteiger partial charge in [-0.3, -0.25) is 0 Å². The minimum absolute atomic E-state index is 0.0318. The number of aryl methyl sites for hydroxylation is 1. The van der Waals surface area contributed by atoms with Crippen LogP contribution in [0.15, 0.2) is 36.4 Å². The Hall–Kier alpha value is -1.61. The van der Waals surface area contributed by atoms with E-state index in [9.17, 15) is 8.78 Å². The molecule has 20 heavy (non-hydrogen) atoms. The summed E-state index contributed by atoms with van der Waals surface area (Å²) in [4.78, 5) is 1.64.